The van der Waals surface area contributed by atoms with Gasteiger partial charge >= 0.3 is 5.97 Å². The van der Waals surface area contributed by atoms with Gasteiger partial charge in [-0.3, -0.25) is 9.69 Å². The van der Waals surface area contributed by atoms with Crippen LogP contribution in [-0.4, -0.2) is 29.1 Å². The second kappa shape index (κ2) is 6.51. The van der Waals surface area contributed by atoms with Crippen molar-refractivity contribution in [3.05, 3.63) is 70.7 Å². The highest BCUT2D eigenvalue weighted by atomic mass is 35.5. The van der Waals surface area contributed by atoms with Gasteiger partial charge in [0, 0.05) is 30.6 Å². The van der Waals surface area contributed by atoms with Gasteiger partial charge < -0.3 is 5.11 Å². The van der Waals surface area contributed by atoms with E-state index in [1.54, 1.807) is 0 Å². The van der Waals surface area contributed by atoms with Gasteiger partial charge in [0.15, 0.2) is 0 Å². The van der Waals surface area contributed by atoms with Gasteiger partial charge in [-0.25, -0.2) is 0 Å². The highest BCUT2D eigenvalue weighted by Crippen LogP contribution is 2.34. The Morgan fingerprint density at radius 1 is 1.09 bits per heavy atom. The van der Waals surface area contributed by atoms with Crippen molar-refractivity contribution < 1.29 is 9.90 Å². The molecule has 3 nitrogen and oxygen atoms in total. The van der Waals surface area contributed by atoms with E-state index in [2.05, 4.69) is 17.0 Å². The second-order valence-electron chi connectivity index (χ2n) is 5.78. The number of rotatable bonds is 4. The molecular weight excluding hydrogens is 298 g/mol. The number of hydrogen-bond acceptors (Lipinski definition) is 2. The number of benzene rings is 2. The number of nitrogens with zero attached hydrogens (tertiary/aromatic N) is 1. The predicted octanol–water partition coefficient (Wildman–Crippen LogP) is 3.64. The molecule has 1 saturated heterocycles. The van der Waals surface area contributed by atoms with Crippen LogP contribution in [0.5, 0.6) is 0 Å². The maximum absolute atomic E-state index is 11.6. The zero-order chi connectivity index (χ0) is 15.5. The van der Waals surface area contributed by atoms with Crippen molar-refractivity contribution in [1.29, 1.82) is 0 Å². The molecule has 0 amide bonds. The molecule has 1 N–H and O–H groups in total. The van der Waals surface area contributed by atoms with Crippen molar-refractivity contribution in [2.24, 2.45) is 5.92 Å². The highest BCUT2D eigenvalue weighted by Gasteiger charge is 2.38. The summed E-state index contributed by atoms with van der Waals surface area (Å²) in [5.74, 6) is -1.08. The number of carboxylic acid groups (broad SMARTS) is 1. The molecule has 0 aromatic heterocycles. The van der Waals surface area contributed by atoms with Crippen molar-refractivity contribution in [2.45, 2.75) is 12.5 Å². The van der Waals surface area contributed by atoms with Crippen LogP contribution in [0.25, 0.3) is 0 Å². The lowest BCUT2D eigenvalue weighted by atomic mass is 9.89. The number of likely N-dealkylation sites (tertiary alicyclic amines) is 1. The van der Waals surface area contributed by atoms with Crippen LogP contribution in [0.1, 0.15) is 17.0 Å². The molecule has 1 heterocycles. The molecule has 2 aromatic carbocycles. The normalized spacial score (nSPS) is 21.9. The fraction of sp³-hybridized carbons (Fsp3) is 0.278. The van der Waals surface area contributed by atoms with Gasteiger partial charge in [0.1, 0.15) is 0 Å². The summed E-state index contributed by atoms with van der Waals surface area (Å²) in [6.07, 6.45) is 0. The zero-order valence-corrected chi connectivity index (χ0v) is 12.9. The number of aliphatic carboxylic acids is 1. The van der Waals surface area contributed by atoms with Crippen molar-refractivity contribution in [3.8, 4) is 0 Å². The van der Waals surface area contributed by atoms with Crippen LogP contribution < -0.4 is 0 Å². The summed E-state index contributed by atoms with van der Waals surface area (Å²) in [7, 11) is 0. The average Bonchev–Trinajstić information content (AvgIpc) is 2.93. The lowest BCUT2D eigenvalue weighted by Crippen LogP contribution is -2.23. The molecule has 4 heteroatoms. The summed E-state index contributed by atoms with van der Waals surface area (Å²) in [6.45, 7) is 2.12. The minimum atomic E-state index is -0.726. The average molecular weight is 316 g/mol. The third-order valence-electron chi connectivity index (χ3n) is 4.26. The molecule has 0 saturated carbocycles. The topological polar surface area (TPSA) is 40.5 Å². The maximum Gasteiger partial charge on any atom is 0.308 e. The van der Waals surface area contributed by atoms with Gasteiger partial charge in [0.05, 0.1) is 5.92 Å². The second-order valence-corrected chi connectivity index (χ2v) is 6.22. The maximum atomic E-state index is 11.6. The number of carbonyl (C=O) groups is 1. The molecule has 1 aliphatic heterocycles. The number of halogens is 1. The number of carboxylic acids is 1. The van der Waals surface area contributed by atoms with Crippen LogP contribution in [0.4, 0.5) is 0 Å². The summed E-state index contributed by atoms with van der Waals surface area (Å²) in [6, 6.07) is 17.7. The molecule has 2 unspecified atom stereocenters. The Balaban J connectivity index is 1.77. The standard InChI is InChI=1S/C18H18ClNO2/c19-15-8-6-14(7-9-15)16-11-20(12-17(16)18(21)22)10-13-4-2-1-3-5-13/h1-9,16-17H,10-12H2,(H,21,22). The smallest absolute Gasteiger partial charge is 0.308 e. The van der Waals surface area contributed by atoms with E-state index in [4.69, 9.17) is 11.6 Å². The van der Waals surface area contributed by atoms with Crippen LogP contribution in [0.3, 0.4) is 0 Å². The Hall–Kier alpha value is -1.84. The van der Waals surface area contributed by atoms with Crippen molar-refractivity contribution in [1.82, 2.24) is 4.90 Å². The lowest BCUT2D eigenvalue weighted by molar-refractivity contribution is -0.141. The summed E-state index contributed by atoms with van der Waals surface area (Å²) in [4.78, 5) is 13.8. The molecule has 22 heavy (non-hydrogen) atoms. The minimum Gasteiger partial charge on any atom is -0.481 e. The van der Waals surface area contributed by atoms with Crippen LogP contribution in [-0.2, 0) is 11.3 Å². The van der Waals surface area contributed by atoms with E-state index in [0.29, 0.717) is 11.6 Å². The van der Waals surface area contributed by atoms with Gasteiger partial charge in [0.2, 0.25) is 0 Å². The fourth-order valence-electron chi connectivity index (χ4n) is 3.15. The molecular formula is C18H18ClNO2. The van der Waals surface area contributed by atoms with E-state index in [1.807, 2.05) is 42.5 Å². The highest BCUT2D eigenvalue weighted by molar-refractivity contribution is 6.30. The quantitative estimate of drug-likeness (QED) is 0.936. The Bertz CT molecular complexity index is 642. The Morgan fingerprint density at radius 3 is 2.41 bits per heavy atom. The summed E-state index contributed by atoms with van der Waals surface area (Å²) < 4.78 is 0. The molecule has 0 bridgehead atoms. The molecule has 2 atom stereocenters. The molecule has 0 aliphatic carbocycles. The van der Waals surface area contributed by atoms with Crippen LogP contribution in [0.15, 0.2) is 54.6 Å². The SMILES string of the molecule is O=C(O)C1CN(Cc2ccccc2)CC1c1ccc(Cl)cc1. The molecule has 1 fully saturated rings. The van der Waals surface area contributed by atoms with Crippen molar-refractivity contribution in [2.75, 3.05) is 13.1 Å². The molecule has 1 aliphatic rings. The van der Waals surface area contributed by atoms with Crippen LogP contribution >= 0.6 is 11.6 Å². The van der Waals surface area contributed by atoms with E-state index < -0.39 is 5.97 Å². The summed E-state index contributed by atoms with van der Waals surface area (Å²) in [5, 5.41) is 10.2. The van der Waals surface area contributed by atoms with Gasteiger partial charge in [0.25, 0.3) is 0 Å². The third kappa shape index (κ3) is 3.32. The molecule has 0 radical (unpaired) electrons. The fourth-order valence-corrected chi connectivity index (χ4v) is 3.28. The molecule has 3 rings (SSSR count). The van der Waals surface area contributed by atoms with Crippen LogP contribution in [0, 0.1) is 5.92 Å². The van der Waals surface area contributed by atoms with E-state index in [1.165, 1.54) is 5.56 Å². The van der Waals surface area contributed by atoms with Gasteiger partial charge in [-0.2, -0.15) is 0 Å². The van der Waals surface area contributed by atoms with Gasteiger partial charge in [-0.05, 0) is 23.3 Å². The lowest BCUT2D eigenvalue weighted by Gasteiger charge is -2.16. The molecule has 2 aromatic rings. The van der Waals surface area contributed by atoms with Crippen molar-refractivity contribution >= 4 is 17.6 Å². The van der Waals surface area contributed by atoms with E-state index in [9.17, 15) is 9.90 Å². The molecule has 114 valence electrons. The van der Waals surface area contributed by atoms with Gasteiger partial charge in [-0.1, -0.05) is 54.1 Å². The zero-order valence-electron chi connectivity index (χ0n) is 12.2. The first-order valence-corrected chi connectivity index (χ1v) is 7.76. The molecule has 0 spiro atoms. The number of hydrogen-bond donors (Lipinski definition) is 1. The van der Waals surface area contributed by atoms with E-state index in [-0.39, 0.29) is 11.8 Å². The first-order chi connectivity index (χ1) is 10.6. The van der Waals surface area contributed by atoms with E-state index in [0.717, 1.165) is 18.7 Å². The largest absolute Gasteiger partial charge is 0.481 e. The first-order valence-electron chi connectivity index (χ1n) is 7.38. The Labute approximate surface area is 135 Å². The predicted molar refractivity (Wildman–Crippen MR) is 87.0 cm³/mol. The Morgan fingerprint density at radius 2 is 1.77 bits per heavy atom. The van der Waals surface area contributed by atoms with Gasteiger partial charge in [-0.15, -0.1) is 0 Å². The monoisotopic (exact) mass is 315 g/mol. The first kappa shape index (κ1) is 15.1. The Kier molecular flexibility index (Phi) is 4.46. The van der Waals surface area contributed by atoms with Crippen molar-refractivity contribution in [3.63, 3.8) is 0 Å². The third-order valence-corrected chi connectivity index (χ3v) is 4.51. The van der Waals surface area contributed by atoms with E-state index >= 15 is 0 Å². The summed E-state index contributed by atoms with van der Waals surface area (Å²) in [5.41, 5.74) is 2.26. The summed E-state index contributed by atoms with van der Waals surface area (Å²) >= 11 is 5.93. The minimum absolute atomic E-state index is 0.0125. The van der Waals surface area contributed by atoms with Crippen LogP contribution in [0.2, 0.25) is 5.02 Å².